The lowest BCUT2D eigenvalue weighted by Crippen LogP contribution is -2.32. The third kappa shape index (κ3) is 1.84. The molecule has 2 unspecified atom stereocenters. The lowest BCUT2D eigenvalue weighted by atomic mass is 10.3. The van der Waals surface area contributed by atoms with E-state index >= 15 is 0 Å². The Labute approximate surface area is 100 Å². The fourth-order valence-corrected chi connectivity index (χ4v) is 1.61. The van der Waals surface area contributed by atoms with E-state index in [1.54, 1.807) is 6.92 Å². The summed E-state index contributed by atoms with van der Waals surface area (Å²) < 4.78 is 32.6. The van der Waals surface area contributed by atoms with Crippen LogP contribution in [0.5, 0.6) is 0 Å². The molecule has 1 aromatic rings. The van der Waals surface area contributed by atoms with Crippen LogP contribution >= 0.6 is 0 Å². The van der Waals surface area contributed by atoms with Crippen LogP contribution in [-0.2, 0) is 4.74 Å². The normalized spacial score (nSPS) is 23.3. The minimum Gasteiger partial charge on any atom is -0.465 e. The van der Waals surface area contributed by atoms with Crippen LogP contribution in [0, 0.1) is 6.92 Å². The van der Waals surface area contributed by atoms with E-state index in [9.17, 15) is 13.6 Å². The van der Waals surface area contributed by atoms with Crippen LogP contribution in [0.3, 0.4) is 0 Å². The molecule has 0 radical (unpaired) electrons. The Hall–Kier alpha value is -1.96. The van der Waals surface area contributed by atoms with E-state index in [1.165, 1.54) is 6.20 Å². The van der Waals surface area contributed by atoms with E-state index in [2.05, 4.69) is 4.98 Å². The molecule has 98 valence electrons. The first-order valence-corrected chi connectivity index (χ1v) is 5.11. The van der Waals surface area contributed by atoms with Crippen LogP contribution in [0.4, 0.5) is 14.6 Å². The van der Waals surface area contributed by atoms with Gasteiger partial charge in [-0.1, -0.05) is 0 Å². The Morgan fingerprint density at radius 2 is 2.33 bits per heavy atom. The standard InChI is InChI=1S/C10H11F2N3O3/c1-4-2-15(10(17)14-8(4)13)9-7(12)6(11)5(3-16)18-9/h2,7,9,16H,3H2,1H3,(H2,13,14,17). The number of aliphatic hydroxyl groups excluding tert-OH is 1. The van der Waals surface area contributed by atoms with Crippen molar-refractivity contribution < 1.29 is 18.6 Å². The number of anilines is 1. The molecule has 1 aromatic heterocycles. The van der Waals surface area contributed by atoms with Crippen molar-refractivity contribution >= 4 is 5.82 Å². The second-order valence-electron chi connectivity index (χ2n) is 3.84. The van der Waals surface area contributed by atoms with Crippen molar-refractivity contribution in [1.29, 1.82) is 0 Å². The van der Waals surface area contributed by atoms with Gasteiger partial charge in [0.25, 0.3) is 0 Å². The Bertz CT molecular complexity index is 570. The number of nitrogen functional groups attached to an aromatic ring is 1. The fraction of sp³-hybridized carbons (Fsp3) is 0.400. The number of aryl methyl sites for hydroxylation is 1. The topological polar surface area (TPSA) is 90.4 Å². The summed E-state index contributed by atoms with van der Waals surface area (Å²) in [4.78, 5) is 15.0. The van der Waals surface area contributed by atoms with Crippen LogP contribution < -0.4 is 11.4 Å². The highest BCUT2D eigenvalue weighted by molar-refractivity contribution is 5.35. The Kier molecular flexibility index (Phi) is 3.04. The van der Waals surface area contributed by atoms with Crippen molar-refractivity contribution in [3.05, 3.63) is 33.8 Å². The van der Waals surface area contributed by atoms with Gasteiger partial charge >= 0.3 is 5.69 Å². The Balaban J connectivity index is 2.42. The molecule has 2 heterocycles. The summed E-state index contributed by atoms with van der Waals surface area (Å²) in [5.74, 6) is -1.72. The van der Waals surface area contributed by atoms with Crippen molar-refractivity contribution in [1.82, 2.24) is 9.55 Å². The zero-order chi connectivity index (χ0) is 13.4. The summed E-state index contributed by atoms with van der Waals surface area (Å²) in [6, 6.07) is 0. The summed E-state index contributed by atoms with van der Waals surface area (Å²) in [5, 5.41) is 8.77. The van der Waals surface area contributed by atoms with Crippen molar-refractivity contribution in [2.75, 3.05) is 12.3 Å². The first-order chi connectivity index (χ1) is 8.45. The number of hydrogen-bond acceptors (Lipinski definition) is 5. The Morgan fingerprint density at radius 1 is 1.67 bits per heavy atom. The number of hydrogen-bond donors (Lipinski definition) is 2. The molecular formula is C10H11F2N3O3. The average Bonchev–Trinajstić information content (AvgIpc) is 2.61. The summed E-state index contributed by atoms with van der Waals surface area (Å²) >= 11 is 0. The van der Waals surface area contributed by atoms with Crippen LogP contribution in [0.1, 0.15) is 11.8 Å². The minimum atomic E-state index is -2.16. The van der Waals surface area contributed by atoms with Gasteiger partial charge in [0.05, 0.1) is 0 Å². The summed E-state index contributed by atoms with van der Waals surface area (Å²) in [5.41, 5.74) is 5.00. The van der Waals surface area contributed by atoms with Gasteiger partial charge in [0, 0.05) is 11.8 Å². The molecule has 0 saturated carbocycles. The van der Waals surface area contributed by atoms with Crippen molar-refractivity contribution in [2.24, 2.45) is 0 Å². The van der Waals surface area contributed by atoms with Gasteiger partial charge in [0.1, 0.15) is 12.4 Å². The van der Waals surface area contributed by atoms with Gasteiger partial charge in [-0.3, -0.25) is 4.57 Å². The predicted octanol–water partition coefficient (Wildman–Crippen LogP) is 0.174. The number of nitrogens with zero attached hydrogens (tertiary/aromatic N) is 2. The maximum absolute atomic E-state index is 13.6. The van der Waals surface area contributed by atoms with Gasteiger partial charge in [-0.15, -0.1) is 0 Å². The number of rotatable bonds is 2. The molecule has 0 spiro atoms. The predicted molar refractivity (Wildman–Crippen MR) is 57.9 cm³/mol. The lowest BCUT2D eigenvalue weighted by Gasteiger charge is -2.17. The molecule has 0 fully saturated rings. The summed E-state index contributed by atoms with van der Waals surface area (Å²) in [7, 11) is 0. The molecule has 0 aromatic carbocycles. The molecule has 8 heteroatoms. The number of nitrogens with two attached hydrogens (primary N) is 1. The number of ether oxygens (including phenoxy) is 1. The lowest BCUT2D eigenvalue weighted by molar-refractivity contribution is 0.0180. The largest absolute Gasteiger partial charge is 0.465 e. The van der Waals surface area contributed by atoms with Gasteiger partial charge in [-0.25, -0.2) is 13.6 Å². The first-order valence-electron chi connectivity index (χ1n) is 5.11. The van der Waals surface area contributed by atoms with E-state index < -0.39 is 36.3 Å². The molecule has 0 bridgehead atoms. The number of aromatic nitrogens is 2. The zero-order valence-electron chi connectivity index (χ0n) is 9.43. The van der Waals surface area contributed by atoms with Gasteiger partial charge in [0.15, 0.2) is 11.6 Å². The molecule has 0 saturated heterocycles. The molecule has 2 rings (SSSR count). The maximum Gasteiger partial charge on any atom is 0.352 e. The summed E-state index contributed by atoms with van der Waals surface area (Å²) in [6.07, 6.45) is -2.43. The third-order valence-electron chi connectivity index (χ3n) is 2.61. The number of alkyl halides is 1. The van der Waals surface area contributed by atoms with E-state index in [4.69, 9.17) is 15.6 Å². The molecule has 1 aliphatic rings. The number of aliphatic hydroxyl groups is 1. The quantitative estimate of drug-likeness (QED) is 0.790. The summed E-state index contributed by atoms with van der Waals surface area (Å²) in [6.45, 7) is 0.788. The number of halogens is 2. The van der Waals surface area contributed by atoms with Gasteiger partial charge in [-0.05, 0) is 6.92 Å². The molecular weight excluding hydrogens is 248 g/mol. The first kappa shape index (κ1) is 12.5. The van der Waals surface area contributed by atoms with E-state index in [-0.39, 0.29) is 5.82 Å². The van der Waals surface area contributed by atoms with E-state index in [0.717, 1.165) is 4.57 Å². The van der Waals surface area contributed by atoms with Crippen LogP contribution in [0.25, 0.3) is 0 Å². The van der Waals surface area contributed by atoms with Gasteiger partial charge < -0.3 is 15.6 Å². The highest BCUT2D eigenvalue weighted by atomic mass is 19.2. The van der Waals surface area contributed by atoms with Crippen molar-refractivity contribution in [3.8, 4) is 0 Å². The smallest absolute Gasteiger partial charge is 0.352 e. The molecule has 18 heavy (non-hydrogen) atoms. The fourth-order valence-electron chi connectivity index (χ4n) is 1.61. The molecule has 0 aliphatic carbocycles. The van der Waals surface area contributed by atoms with Crippen molar-refractivity contribution in [3.63, 3.8) is 0 Å². The highest BCUT2D eigenvalue weighted by Gasteiger charge is 2.39. The third-order valence-corrected chi connectivity index (χ3v) is 2.61. The second kappa shape index (κ2) is 4.37. The molecule has 0 amide bonds. The molecule has 2 atom stereocenters. The van der Waals surface area contributed by atoms with Crippen LogP contribution in [0.15, 0.2) is 22.6 Å². The van der Waals surface area contributed by atoms with E-state index in [1.807, 2.05) is 0 Å². The highest BCUT2D eigenvalue weighted by Crippen LogP contribution is 2.34. The van der Waals surface area contributed by atoms with Crippen LogP contribution in [-0.4, -0.2) is 27.4 Å². The maximum atomic E-state index is 13.6. The average molecular weight is 259 g/mol. The Morgan fingerprint density at radius 3 is 2.89 bits per heavy atom. The molecule has 1 aliphatic heterocycles. The molecule has 3 N–H and O–H groups in total. The van der Waals surface area contributed by atoms with Gasteiger partial charge in [0.2, 0.25) is 12.4 Å². The van der Waals surface area contributed by atoms with Crippen LogP contribution in [0.2, 0.25) is 0 Å². The van der Waals surface area contributed by atoms with E-state index in [0.29, 0.717) is 5.56 Å². The zero-order valence-corrected chi connectivity index (χ0v) is 9.43. The van der Waals surface area contributed by atoms with Gasteiger partial charge in [-0.2, -0.15) is 4.98 Å². The van der Waals surface area contributed by atoms with Crippen molar-refractivity contribution in [2.45, 2.75) is 19.3 Å². The SMILES string of the molecule is Cc1cn(C2OC(CO)=C(F)C2F)c(=O)nc1N. The second-order valence-corrected chi connectivity index (χ2v) is 3.84. The molecule has 6 nitrogen and oxygen atoms in total. The monoisotopic (exact) mass is 259 g/mol. The minimum absolute atomic E-state index is 0.0143.